The van der Waals surface area contributed by atoms with Crippen LogP contribution in [-0.2, 0) is 0 Å². The zero-order chi connectivity index (χ0) is 14.0. The molecule has 110 valence electrons. The first-order chi connectivity index (χ1) is 9.71. The molecule has 4 heteroatoms. The number of fused-ring (bicyclic) bond motifs is 3. The summed E-state index contributed by atoms with van der Waals surface area (Å²) in [5, 5.41) is 0. The zero-order valence-corrected chi connectivity index (χ0v) is 12.6. The summed E-state index contributed by atoms with van der Waals surface area (Å²) in [4.78, 5) is 5.09. The monoisotopic (exact) mass is 275 g/mol. The van der Waals surface area contributed by atoms with Crippen LogP contribution in [0.15, 0.2) is 24.3 Å². The number of hydrogen-bond donors (Lipinski definition) is 1. The molecule has 0 radical (unpaired) electrons. The number of likely N-dealkylation sites (N-methyl/N-ethyl adjacent to an activating group) is 1. The highest BCUT2D eigenvalue weighted by atomic mass is 15.5. The van der Waals surface area contributed by atoms with Gasteiger partial charge in [0.15, 0.2) is 0 Å². The van der Waals surface area contributed by atoms with E-state index in [9.17, 15) is 0 Å². The molecule has 0 atom stereocenters. The third-order valence-electron chi connectivity index (χ3n) is 5.16. The Hall–Kier alpha value is -1.26. The predicted molar refractivity (Wildman–Crippen MR) is 84.9 cm³/mol. The van der Waals surface area contributed by atoms with Gasteiger partial charge in [0.05, 0.1) is 32.7 Å². The van der Waals surface area contributed by atoms with E-state index in [1.54, 1.807) is 0 Å². The minimum atomic E-state index is 0.846. The molecule has 4 rings (SSSR count). The Morgan fingerprint density at radius 1 is 1.10 bits per heavy atom. The summed E-state index contributed by atoms with van der Waals surface area (Å²) < 4.78 is 1.34. The molecule has 20 heavy (non-hydrogen) atoms. The summed E-state index contributed by atoms with van der Waals surface area (Å²) in [6.07, 6.45) is 0. The number of hydrogen-bond acceptors (Lipinski definition) is 3. The van der Waals surface area contributed by atoms with Crippen LogP contribution in [0.2, 0.25) is 0 Å². The van der Waals surface area contributed by atoms with Crippen LogP contribution in [0.4, 0.5) is 11.4 Å². The van der Waals surface area contributed by atoms with Crippen molar-refractivity contribution in [3.63, 3.8) is 0 Å². The number of benzene rings is 1. The van der Waals surface area contributed by atoms with Gasteiger partial charge in [0, 0.05) is 37.6 Å². The van der Waals surface area contributed by atoms with Gasteiger partial charge in [0.1, 0.15) is 0 Å². The molecule has 2 N–H and O–H groups in total. The van der Waals surface area contributed by atoms with Crippen molar-refractivity contribution in [2.24, 2.45) is 0 Å². The van der Waals surface area contributed by atoms with Gasteiger partial charge in [0.2, 0.25) is 0 Å². The van der Waals surface area contributed by atoms with Gasteiger partial charge in [-0.15, -0.1) is 0 Å². The number of rotatable bonds is 5. The van der Waals surface area contributed by atoms with Crippen molar-refractivity contribution in [2.45, 2.75) is 6.92 Å². The normalized spacial score (nSPS) is 28.6. The average Bonchev–Trinajstić information content (AvgIpc) is 2.51. The second kappa shape index (κ2) is 5.62. The van der Waals surface area contributed by atoms with Crippen LogP contribution in [0.5, 0.6) is 0 Å². The fraction of sp³-hybridized carbons (Fsp3) is 0.625. The highest BCUT2D eigenvalue weighted by Crippen LogP contribution is 2.21. The topological polar surface area (TPSA) is 32.5 Å². The van der Waals surface area contributed by atoms with E-state index in [4.69, 9.17) is 5.73 Å². The number of nitrogen functional groups attached to an aromatic ring is 1. The van der Waals surface area contributed by atoms with Crippen LogP contribution in [0.3, 0.4) is 0 Å². The van der Waals surface area contributed by atoms with Crippen LogP contribution in [-0.4, -0.2) is 68.3 Å². The Bertz CT molecular complexity index is 421. The van der Waals surface area contributed by atoms with E-state index >= 15 is 0 Å². The zero-order valence-electron chi connectivity index (χ0n) is 12.6. The summed E-state index contributed by atoms with van der Waals surface area (Å²) in [5.74, 6) is 0. The Balaban J connectivity index is 1.62. The van der Waals surface area contributed by atoms with E-state index in [0.717, 1.165) is 18.8 Å². The Labute approximate surface area is 122 Å². The van der Waals surface area contributed by atoms with E-state index in [0.29, 0.717) is 0 Å². The van der Waals surface area contributed by atoms with E-state index in [2.05, 4.69) is 28.9 Å². The number of anilines is 2. The first kappa shape index (κ1) is 13.7. The van der Waals surface area contributed by atoms with Gasteiger partial charge in [-0.05, 0) is 31.2 Å². The fourth-order valence-corrected chi connectivity index (χ4v) is 3.55. The number of quaternary nitrogens is 1. The molecule has 1 aromatic carbocycles. The van der Waals surface area contributed by atoms with E-state index < -0.39 is 0 Å². The van der Waals surface area contributed by atoms with Gasteiger partial charge < -0.3 is 15.1 Å². The molecule has 4 nitrogen and oxygen atoms in total. The van der Waals surface area contributed by atoms with Crippen molar-refractivity contribution in [3.8, 4) is 0 Å². The molecule has 3 saturated heterocycles. The Morgan fingerprint density at radius 3 is 2.25 bits per heavy atom. The molecule has 3 aliphatic heterocycles. The smallest absolute Gasteiger partial charge is 0.0965 e. The van der Waals surface area contributed by atoms with Crippen LogP contribution < -0.4 is 10.6 Å². The van der Waals surface area contributed by atoms with E-state index in [-0.39, 0.29) is 0 Å². The molecule has 3 fully saturated rings. The Kier molecular flexibility index (Phi) is 3.85. The summed E-state index contributed by atoms with van der Waals surface area (Å²) >= 11 is 0. The van der Waals surface area contributed by atoms with Crippen molar-refractivity contribution < 1.29 is 4.48 Å². The average molecular weight is 275 g/mol. The lowest BCUT2D eigenvalue weighted by molar-refractivity contribution is -0.939. The van der Waals surface area contributed by atoms with Crippen molar-refractivity contribution in [1.29, 1.82) is 0 Å². The van der Waals surface area contributed by atoms with Crippen LogP contribution in [0, 0.1) is 0 Å². The van der Waals surface area contributed by atoms with Crippen LogP contribution >= 0.6 is 0 Å². The van der Waals surface area contributed by atoms with E-state index in [1.807, 2.05) is 12.1 Å². The van der Waals surface area contributed by atoms with Gasteiger partial charge in [0.25, 0.3) is 0 Å². The third kappa shape index (κ3) is 2.76. The summed E-state index contributed by atoms with van der Waals surface area (Å²) in [7, 11) is 0. The number of nitrogens with two attached hydrogens (primary N) is 1. The molecular formula is C16H27N4+. The molecule has 3 heterocycles. The number of piperazine rings is 3. The molecule has 0 spiro atoms. The minimum Gasteiger partial charge on any atom is -0.399 e. The SMILES string of the molecule is CCN(CC[N+]12CCN(CC1)CC2)c1ccc(N)cc1. The molecule has 2 bridgehead atoms. The van der Waals surface area contributed by atoms with Crippen molar-refractivity contribution >= 4 is 11.4 Å². The van der Waals surface area contributed by atoms with Gasteiger partial charge >= 0.3 is 0 Å². The first-order valence-electron chi connectivity index (χ1n) is 7.89. The van der Waals surface area contributed by atoms with Gasteiger partial charge in [-0.25, -0.2) is 0 Å². The molecule has 0 aromatic heterocycles. The van der Waals surface area contributed by atoms with Gasteiger partial charge in [-0.1, -0.05) is 0 Å². The van der Waals surface area contributed by atoms with Crippen molar-refractivity contribution in [2.75, 3.05) is 69.5 Å². The van der Waals surface area contributed by atoms with Crippen LogP contribution in [0.25, 0.3) is 0 Å². The molecule has 1 aromatic rings. The van der Waals surface area contributed by atoms with Gasteiger partial charge in [-0.3, -0.25) is 4.90 Å². The second-order valence-electron chi connectivity index (χ2n) is 6.25. The largest absolute Gasteiger partial charge is 0.399 e. The Morgan fingerprint density at radius 2 is 1.70 bits per heavy atom. The van der Waals surface area contributed by atoms with Crippen LogP contribution in [0.1, 0.15) is 6.92 Å². The highest BCUT2D eigenvalue weighted by molar-refractivity contribution is 5.52. The second-order valence-corrected chi connectivity index (χ2v) is 6.25. The molecular weight excluding hydrogens is 248 g/mol. The number of nitrogens with zero attached hydrogens (tertiary/aromatic N) is 3. The fourth-order valence-electron chi connectivity index (χ4n) is 3.55. The lowest BCUT2D eigenvalue weighted by Crippen LogP contribution is -2.68. The van der Waals surface area contributed by atoms with Crippen molar-refractivity contribution in [1.82, 2.24) is 4.90 Å². The highest BCUT2D eigenvalue weighted by Gasteiger charge is 2.38. The summed E-state index contributed by atoms with van der Waals surface area (Å²) in [6, 6.07) is 8.30. The lowest BCUT2D eigenvalue weighted by atomic mass is 10.1. The molecule has 0 amide bonds. The molecule has 3 aliphatic rings. The lowest BCUT2D eigenvalue weighted by Gasteiger charge is -2.51. The predicted octanol–water partition coefficient (Wildman–Crippen LogP) is 1.24. The maximum Gasteiger partial charge on any atom is 0.0965 e. The molecule has 0 saturated carbocycles. The van der Waals surface area contributed by atoms with E-state index in [1.165, 1.54) is 56.0 Å². The standard InChI is InChI=1S/C16H27N4/c1-2-19(16-5-3-15(17)4-6-16)10-14-20-11-7-18(8-12-20)9-13-20/h3-6H,2,7-14,17H2,1H3/q+1. The first-order valence-corrected chi connectivity index (χ1v) is 7.89. The molecule has 0 unspecified atom stereocenters. The minimum absolute atomic E-state index is 0.846. The third-order valence-corrected chi connectivity index (χ3v) is 5.16. The van der Waals surface area contributed by atoms with Crippen molar-refractivity contribution in [3.05, 3.63) is 24.3 Å². The maximum atomic E-state index is 5.78. The summed E-state index contributed by atoms with van der Waals surface area (Å²) in [5.41, 5.74) is 7.93. The quantitative estimate of drug-likeness (QED) is 0.648. The van der Waals surface area contributed by atoms with Gasteiger partial charge in [-0.2, -0.15) is 0 Å². The molecule has 0 aliphatic carbocycles. The maximum absolute atomic E-state index is 5.78. The summed E-state index contributed by atoms with van der Waals surface area (Å²) in [6.45, 7) is 13.7.